The van der Waals surface area contributed by atoms with Crippen molar-refractivity contribution in [3.8, 4) is 0 Å². The highest BCUT2D eigenvalue weighted by Gasteiger charge is 2.43. The van der Waals surface area contributed by atoms with E-state index in [0.29, 0.717) is 6.04 Å². The molecule has 2 heterocycles. The van der Waals surface area contributed by atoms with Crippen LogP contribution in [0.5, 0.6) is 0 Å². The van der Waals surface area contributed by atoms with Crippen molar-refractivity contribution in [2.45, 2.75) is 50.7 Å². The third-order valence-corrected chi connectivity index (χ3v) is 5.28. The number of carbonyl (C=O) groups excluding carboxylic acids is 2. The van der Waals surface area contributed by atoms with E-state index in [2.05, 4.69) is 34.5 Å². The normalized spacial score (nSPS) is 27.7. The highest BCUT2D eigenvalue weighted by atomic mass is 16.2. The smallest absolute Gasteiger partial charge is 0.239 e. The van der Waals surface area contributed by atoms with E-state index in [-0.39, 0.29) is 23.9 Å². The number of carbonyl (C=O) groups is 2. The highest BCUT2D eigenvalue weighted by molar-refractivity contribution is 5.82. The van der Waals surface area contributed by atoms with Crippen LogP contribution in [0, 0.1) is 0 Å². The molecule has 0 aliphatic carbocycles. The van der Waals surface area contributed by atoms with Gasteiger partial charge in [-0.3, -0.25) is 14.5 Å². The van der Waals surface area contributed by atoms with Crippen LogP contribution in [-0.4, -0.2) is 59.9 Å². The molecule has 5 nitrogen and oxygen atoms in total. The van der Waals surface area contributed by atoms with Crippen LogP contribution >= 0.6 is 0 Å². The van der Waals surface area contributed by atoms with E-state index in [0.717, 1.165) is 38.8 Å². The van der Waals surface area contributed by atoms with Gasteiger partial charge in [0.25, 0.3) is 0 Å². The Morgan fingerprint density at radius 1 is 1.29 bits per heavy atom. The Bertz CT molecular complexity index is 590. The van der Waals surface area contributed by atoms with Crippen LogP contribution in [0.3, 0.4) is 0 Å². The lowest BCUT2D eigenvalue weighted by atomic mass is 10.0. The number of fused-ring (bicyclic) bond motifs is 1. The Hall–Kier alpha value is -1.88. The van der Waals surface area contributed by atoms with E-state index in [1.807, 2.05) is 18.0 Å². The number of nitrogens with zero attached hydrogens (tertiary/aromatic N) is 2. The van der Waals surface area contributed by atoms with Gasteiger partial charge in [0.05, 0.1) is 6.04 Å². The van der Waals surface area contributed by atoms with Gasteiger partial charge < -0.3 is 10.2 Å². The average Bonchev–Trinajstić information content (AvgIpc) is 2.93. The summed E-state index contributed by atoms with van der Waals surface area (Å²) >= 11 is 0. The summed E-state index contributed by atoms with van der Waals surface area (Å²) in [6.45, 7) is 3.14. The molecule has 2 aliphatic rings. The topological polar surface area (TPSA) is 52.7 Å². The molecule has 2 saturated heterocycles. The van der Waals surface area contributed by atoms with Gasteiger partial charge >= 0.3 is 0 Å². The molecule has 0 radical (unpaired) electrons. The summed E-state index contributed by atoms with van der Waals surface area (Å²) in [4.78, 5) is 28.2. The lowest BCUT2D eigenvalue weighted by Gasteiger charge is -2.29. The molecular weight excluding hydrogens is 302 g/mol. The molecule has 1 aromatic rings. The summed E-state index contributed by atoms with van der Waals surface area (Å²) in [6.07, 6.45) is 3.80. The van der Waals surface area contributed by atoms with Gasteiger partial charge in [-0.15, -0.1) is 0 Å². The molecule has 0 saturated carbocycles. The maximum Gasteiger partial charge on any atom is 0.239 e. The molecule has 1 aromatic carbocycles. The second-order valence-corrected chi connectivity index (χ2v) is 7.07. The Morgan fingerprint density at radius 2 is 2.04 bits per heavy atom. The molecule has 3 rings (SSSR count). The van der Waals surface area contributed by atoms with Gasteiger partial charge in [0.1, 0.15) is 0 Å². The first-order valence-corrected chi connectivity index (χ1v) is 8.86. The maximum atomic E-state index is 12.6. The highest BCUT2D eigenvalue weighted by Crippen LogP contribution is 2.28. The lowest BCUT2D eigenvalue weighted by molar-refractivity contribution is -0.133. The van der Waals surface area contributed by atoms with Gasteiger partial charge in [0.2, 0.25) is 11.8 Å². The fraction of sp³-hybridized carbons (Fsp3) is 0.579. The SMILES string of the molecule is CC(=O)N[C@@H]1C[C@H]2C(=O)N(C)CCC(CCc3ccccc3)N2C1. The molecule has 5 heteroatoms. The van der Waals surface area contributed by atoms with Crippen LogP contribution in [0.1, 0.15) is 31.7 Å². The Labute approximate surface area is 144 Å². The van der Waals surface area contributed by atoms with Gasteiger partial charge in [-0.05, 0) is 31.2 Å². The second-order valence-electron chi connectivity index (χ2n) is 7.07. The van der Waals surface area contributed by atoms with E-state index in [1.54, 1.807) is 6.92 Å². The Kier molecular flexibility index (Phi) is 5.19. The number of rotatable bonds is 4. The lowest BCUT2D eigenvalue weighted by Crippen LogP contribution is -2.44. The number of benzene rings is 1. The molecule has 130 valence electrons. The number of likely N-dealkylation sites (N-methyl/N-ethyl adjacent to an activating group) is 1. The molecule has 1 N–H and O–H groups in total. The summed E-state index contributed by atoms with van der Waals surface area (Å²) in [7, 11) is 1.89. The Balaban J connectivity index is 1.70. The van der Waals surface area contributed by atoms with Crippen LogP contribution in [0.2, 0.25) is 0 Å². The van der Waals surface area contributed by atoms with Gasteiger partial charge in [-0.2, -0.15) is 0 Å². The van der Waals surface area contributed by atoms with Crippen LogP contribution in [0.4, 0.5) is 0 Å². The predicted molar refractivity (Wildman–Crippen MR) is 93.5 cm³/mol. The van der Waals surface area contributed by atoms with Crippen molar-refractivity contribution in [3.05, 3.63) is 35.9 Å². The quantitative estimate of drug-likeness (QED) is 0.909. The summed E-state index contributed by atoms with van der Waals surface area (Å²) in [5, 5.41) is 3.00. The van der Waals surface area contributed by atoms with E-state index >= 15 is 0 Å². The Morgan fingerprint density at radius 3 is 2.75 bits per heavy atom. The van der Waals surface area contributed by atoms with Crippen molar-refractivity contribution in [2.24, 2.45) is 0 Å². The zero-order valence-corrected chi connectivity index (χ0v) is 14.6. The van der Waals surface area contributed by atoms with Crippen LogP contribution in [-0.2, 0) is 16.0 Å². The van der Waals surface area contributed by atoms with Gasteiger partial charge in [0, 0.05) is 39.1 Å². The zero-order chi connectivity index (χ0) is 17.1. The van der Waals surface area contributed by atoms with Crippen LogP contribution in [0.25, 0.3) is 0 Å². The molecule has 0 spiro atoms. The number of nitrogens with one attached hydrogen (secondary N) is 1. The summed E-state index contributed by atoms with van der Waals surface area (Å²) in [5.74, 6) is 0.185. The van der Waals surface area contributed by atoms with Gasteiger partial charge in [-0.1, -0.05) is 30.3 Å². The van der Waals surface area contributed by atoms with Crippen molar-refractivity contribution >= 4 is 11.8 Å². The zero-order valence-electron chi connectivity index (χ0n) is 14.6. The summed E-state index contributed by atoms with van der Waals surface area (Å²) < 4.78 is 0. The summed E-state index contributed by atoms with van der Waals surface area (Å²) in [5.41, 5.74) is 1.34. The number of hydrogen-bond acceptors (Lipinski definition) is 3. The first-order chi connectivity index (χ1) is 11.5. The third kappa shape index (κ3) is 3.78. The van der Waals surface area contributed by atoms with Crippen LogP contribution < -0.4 is 5.32 Å². The van der Waals surface area contributed by atoms with Crippen molar-refractivity contribution < 1.29 is 9.59 Å². The molecule has 0 bridgehead atoms. The van der Waals surface area contributed by atoms with E-state index in [9.17, 15) is 9.59 Å². The molecule has 2 fully saturated rings. The average molecular weight is 329 g/mol. The molecule has 2 aliphatic heterocycles. The maximum absolute atomic E-state index is 12.6. The molecule has 0 aromatic heterocycles. The molecular formula is C19H27N3O2. The van der Waals surface area contributed by atoms with E-state index in [1.165, 1.54) is 5.56 Å². The number of hydrogen-bond donors (Lipinski definition) is 1. The third-order valence-electron chi connectivity index (χ3n) is 5.28. The van der Waals surface area contributed by atoms with Gasteiger partial charge in [0.15, 0.2) is 0 Å². The number of aryl methyl sites for hydroxylation is 1. The van der Waals surface area contributed by atoms with Gasteiger partial charge in [-0.25, -0.2) is 0 Å². The minimum absolute atomic E-state index is 0.0145. The van der Waals surface area contributed by atoms with Crippen molar-refractivity contribution in [3.63, 3.8) is 0 Å². The van der Waals surface area contributed by atoms with Crippen LogP contribution in [0.15, 0.2) is 30.3 Å². The van der Waals surface area contributed by atoms with Crippen molar-refractivity contribution in [1.82, 2.24) is 15.1 Å². The molecule has 3 atom stereocenters. The van der Waals surface area contributed by atoms with E-state index < -0.39 is 0 Å². The summed E-state index contributed by atoms with van der Waals surface area (Å²) in [6, 6.07) is 10.9. The minimum Gasteiger partial charge on any atom is -0.352 e. The minimum atomic E-state index is -0.0878. The fourth-order valence-corrected chi connectivity index (χ4v) is 4.06. The number of amides is 2. The molecule has 2 amide bonds. The predicted octanol–water partition coefficient (Wildman–Crippen LogP) is 1.43. The first-order valence-electron chi connectivity index (χ1n) is 8.86. The van der Waals surface area contributed by atoms with E-state index in [4.69, 9.17) is 0 Å². The first kappa shape index (κ1) is 17.0. The standard InChI is InChI=1S/C19H27N3O2/c1-14(23)20-16-12-18-19(24)21(2)11-10-17(22(18)13-16)9-8-15-6-4-3-5-7-15/h3-7,16-18H,8-13H2,1-2H3,(H,20,23)/t16-,17?,18+/m1/s1. The van der Waals surface area contributed by atoms with Crippen molar-refractivity contribution in [1.29, 1.82) is 0 Å². The van der Waals surface area contributed by atoms with Crippen molar-refractivity contribution in [2.75, 3.05) is 20.1 Å². The second kappa shape index (κ2) is 7.34. The molecule has 1 unspecified atom stereocenters. The molecule has 24 heavy (non-hydrogen) atoms. The fourth-order valence-electron chi connectivity index (χ4n) is 4.06. The largest absolute Gasteiger partial charge is 0.352 e. The monoisotopic (exact) mass is 329 g/mol.